The van der Waals surface area contributed by atoms with E-state index in [0.29, 0.717) is 0 Å². The minimum atomic E-state index is 0.0167. The number of rotatable bonds is 6. The first-order chi connectivity index (χ1) is 14.7. The van der Waals surface area contributed by atoms with E-state index in [0.717, 1.165) is 49.7 Å². The summed E-state index contributed by atoms with van der Waals surface area (Å²) in [6.07, 6.45) is 1.99. The maximum Gasteiger partial charge on any atom is 0.228 e. The molecular weight excluding hydrogens is 372 g/mol. The van der Waals surface area contributed by atoms with Crippen molar-refractivity contribution in [2.75, 3.05) is 18.4 Å². The van der Waals surface area contributed by atoms with Gasteiger partial charge in [-0.15, -0.1) is 0 Å². The van der Waals surface area contributed by atoms with Crippen LogP contribution in [0.25, 0.3) is 0 Å². The monoisotopic (exact) mass is 400 g/mol. The summed E-state index contributed by atoms with van der Waals surface area (Å²) in [7, 11) is 0. The van der Waals surface area contributed by atoms with Crippen molar-refractivity contribution in [3.8, 4) is 11.5 Å². The maximum absolute atomic E-state index is 12.8. The van der Waals surface area contributed by atoms with Gasteiger partial charge in [0.25, 0.3) is 0 Å². The molecule has 154 valence electrons. The van der Waals surface area contributed by atoms with Crippen LogP contribution in [0.15, 0.2) is 78.9 Å². The molecule has 0 radical (unpaired) electrons. The second kappa shape index (κ2) is 9.59. The number of nitrogens with zero attached hydrogens (tertiary/aromatic N) is 1. The molecule has 0 saturated carbocycles. The fourth-order valence-corrected chi connectivity index (χ4v) is 3.92. The molecule has 1 amide bonds. The summed E-state index contributed by atoms with van der Waals surface area (Å²) in [4.78, 5) is 15.2. The van der Waals surface area contributed by atoms with Crippen molar-refractivity contribution >= 4 is 11.6 Å². The van der Waals surface area contributed by atoms with Crippen molar-refractivity contribution < 1.29 is 9.53 Å². The molecule has 0 bridgehead atoms. The summed E-state index contributed by atoms with van der Waals surface area (Å²) >= 11 is 0. The molecule has 30 heavy (non-hydrogen) atoms. The van der Waals surface area contributed by atoms with E-state index >= 15 is 0 Å². The summed E-state index contributed by atoms with van der Waals surface area (Å²) in [5.74, 6) is 1.66. The zero-order chi connectivity index (χ0) is 20.8. The predicted molar refractivity (Wildman–Crippen MR) is 121 cm³/mol. The SMILES string of the molecule is Cc1ccccc1CN1CCCC(C(=O)Nc2ccc(Oc3ccccc3)cc2)C1. The molecule has 1 saturated heterocycles. The average molecular weight is 401 g/mol. The number of hydrogen-bond acceptors (Lipinski definition) is 3. The molecule has 4 nitrogen and oxygen atoms in total. The molecule has 0 spiro atoms. The van der Waals surface area contributed by atoms with Gasteiger partial charge in [-0.05, 0) is 73.8 Å². The average Bonchev–Trinajstić information content (AvgIpc) is 2.78. The topological polar surface area (TPSA) is 41.6 Å². The highest BCUT2D eigenvalue weighted by Crippen LogP contribution is 2.24. The number of carbonyl (C=O) groups is 1. The lowest BCUT2D eigenvalue weighted by Gasteiger charge is -2.32. The second-order valence-corrected chi connectivity index (χ2v) is 7.93. The number of likely N-dealkylation sites (tertiary alicyclic amines) is 1. The lowest BCUT2D eigenvalue weighted by atomic mass is 9.96. The summed E-state index contributed by atoms with van der Waals surface area (Å²) in [5, 5.41) is 3.08. The molecule has 1 fully saturated rings. The molecule has 0 aromatic heterocycles. The van der Waals surface area contributed by atoms with Crippen LogP contribution in [0.1, 0.15) is 24.0 Å². The van der Waals surface area contributed by atoms with Crippen LogP contribution in [-0.2, 0) is 11.3 Å². The van der Waals surface area contributed by atoms with Gasteiger partial charge in [0.1, 0.15) is 11.5 Å². The molecule has 1 unspecified atom stereocenters. The zero-order valence-electron chi connectivity index (χ0n) is 17.4. The van der Waals surface area contributed by atoms with Crippen LogP contribution >= 0.6 is 0 Å². The van der Waals surface area contributed by atoms with Crippen molar-refractivity contribution in [1.82, 2.24) is 4.90 Å². The van der Waals surface area contributed by atoms with Gasteiger partial charge in [0.05, 0.1) is 5.92 Å². The Morgan fingerprint density at radius 2 is 1.67 bits per heavy atom. The van der Waals surface area contributed by atoms with Gasteiger partial charge in [-0.2, -0.15) is 0 Å². The Kier molecular flexibility index (Phi) is 6.45. The van der Waals surface area contributed by atoms with E-state index in [1.54, 1.807) is 0 Å². The van der Waals surface area contributed by atoms with Crippen LogP contribution in [0, 0.1) is 12.8 Å². The van der Waals surface area contributed by atoms with Gasteiger partial charge in [0.15, 0.2) is 0 Å². The van der Waals surface area contributed by atoms with Gasteiger partial charge >= 0.3 is 0 Å². The van der Waals surface area contributed by atoms with Crippen LogP contribution in [-0.4, -0.2) is 23.9 Å². The van der Waals surface area contributed by atoms with Crippen LogP contribution in [0.3, 0.4) is 0 Å². The number of piperidine rings is 1. The van der Waals surface area contributed by atoms with E-state index in [1.165, 1.54) is 11.1 Å². The van der Waals surface area contributed by atoms with Crippen LogP contribution in [0.5, 0.6) is 11.5 Å². The molecule has 1 heterocycles. The lowest BCUT2D eigenvalue weighted by Crippen LogP contribution is -2.40. The number of carbonyl (C=O) groups excluding carboxylic acids is 1. The van der Waals surface area contributed by atoms with E-state index < -0.39 is 0 Å². The fourth-order valence-electron chi connectivity index (χ4n) is 3.92. The summed E-state index contributed by atoms with van der Waals surface area (Å²) in [6, 6.07) is 25.7. The highest BCUT2D eigenvalue weighted by Gasteiger charge is 2.26. The van der Waals surface area contributed by atoms with Crippen molar-refractivity contribution in [1.29, 1.82) is 0 Å². The summed E-state index contributed by atoms with van der Waals surface area (Å²) in [6.45, 7) is 4.90. The Morgan fingerprint density at radius 1 is 0.967 bits per heavy atom. The Hall–Kier alpha value is -3.11. The van der Waals surface area contributed by atoms with Crippen LogP contribution in [0.2, 0.25) is 0 Å². The Bertz CT molecular complexity index is 970. The second-order valence-electron chi connectivity index (χ2n) is 7.93. The third kappa shape index (κ3) is 5.28. The number of aryl methyl sites for hydroxylation is 1. The molecule has 1 aliphatic rings. The van der Waals surface area contributed by atoms with Crippen LogP contribution < -0.4 is 10.1 Å². The van der Waals surface area contributed by atoms with E-state index in [2.05, 4.69) is 41.4 Å². The lowest BCUT2D eigenvalue weighted by molar-refractivity contribution is -0.121. The minimum absolute atomic E-state index is 0.0167. The Labute approximate surface area is 178 Å². The smallest absolute Gasteiger partial charge is 0.228 e. The first-order valence-electron chi connectivity index (χ1n) is 10.6. The summed E-state index contributed by atoms with van der Waals surface area (Å²) in [5.41, 5.74) is 3.45. The number of nitrogens with one attached hydrogen (secondary N) is 1. The molecular formula is C26H28N2O2. The number of ether oxygens (including phenoxy) is 1. The van der Waals surface area contributed by atoms with Gasteiger partial charge in [-0.25, -0.2) is 0 Å². The number of benzene rings is 3. The zero-order valence-corrected chi connectivity index (χ0v) is 17.4. The Morgan fingerprint density at radius 3 is 2.43 bits per heavy atom. The molecule has 3 aromatic rings. The van der Waals surface area contributed by atoms with Gasteiger partial charge in [0, 0.05) is 18.8 Å². The Balaban J connectivity index is 1.32. The van der Waals surface area contributed by atoms with Crippen LogP contribution in [0.4, 0.5) is 5.69 Å². The first kappa shape index (κ1) is 20.2. The number of amides is 1. The van der Waals surface area contributed by atoms with E-state index in [1.807, 2.05) is 54.6 Å². The molecule has 4 heteroatoms. The van der Waals surface area contributed by atoms with Gasteiger partial charge in [-0.3, -0.25) is 9.69 Å². The fraction of sp³-hybridized carbons (Fsp3) is 0.269. The summed E-state index contributed by atoms with van der Waals surface area (Å²) < 4.78 is 5.82. The van der Waals surface area contributed by atoms with Crippen molar-refractivity contribution in [3.63, 3.8) is 0 Å². The van der Waals surface area contributed by atoms with Crippen molar-refractivity contribution in [2.24, 2.45) is 5.92 Å². The molecule has 0 aliphatic carbocycles. The van der Waals surface area contributed by atoms with E-state index in [-0.39, 0.29) is 11.8 Å². The van der Waals surface area contributed by atoms with Gasteiger partial charge in [0.2, 0.25) is 5.91 Å². The van der Waals surface area contributed by atoms with E-state index in [9.17, 15) is 4.79 Å². The third-order valence-corrected chi connectivity index (χ3v) is 5.63. The molecule has 1 aliphatic heterocycles. The van der Waals surface area contributed by atoms with Crippen molar-refractivity contribution in [3.05, 3.63) is 90.0 Å². The molecule has 1 atom stereocenters. The number of hydrogen-bond donors (Lipinski definition) is 1. The minimum Gasteiger partial charge on any atom is -0.457 e. The maximum atomic E-state index is 12.8. The predicted octanol–water partition coefficient (Wildman–Crippen LogP) is 5.64. The first-order valence-corrected chi connectivity index (χ1v) is 10.6. The van der Waals surface area contributed by atoms with Crippen molar-refractivity contribution in [2.45, 2.75) is 26.3 Å². The number of anilines is 1. The van der Waals surface area contributed by atoms with Gasteiger partial charge < -0.3 is 10.1 Å². The van der Waals surface area contributed by atoms with E-state index in [4.69, 9.17) is 4.74 Å². The standard InChI is InChI=1S/C26H28N2O2/c1-20-8-5-6-9-21(20)18-28-17-7-10-22(19-28)26(29)27-23-13-15-25(16-14-23)30-24-11-3-2-4-12-24/h2-6,8-9,11-16,22H,7,10,17-19H2,1H3,(H,27,29). The number of para-hydroxylation sites is 1. The quantitative estimate of drug-likeness (QED) is 0.582. The molecule has 1 N–H and O–H groups in total. The molecule has 3 aromatic carbocycles. The largest absolute Gasteiger partial charge is 0.457 e. The van der Waals surface area contributed by atoms with Gasteiger partial charge in [-0.1, -0.05) is 42.5 Å². The molecule has 4 rings (SSSR count). The highest BCUT2D eigenvalue weighted by molar-refractivity contribution is 5.92. The normalized spacial score (nSPS) is 16.8. The third-order valence-electron chi connectivity index (χ3n) is 5.63. The highest BCUT2D eigenvalue weighted by atomic mass is 16.5.